The number of hydrogen-bond donors (Lipinski definition) is 1. The van der Waals surface area contributed by atoms with Gasteiger partial charge in [0.1, 0.15) is 0 Å². The Balaban J connectivity index is 1.52. The number of nitrogens with zero attached hydrogens (tertiary/aromatic N) is 2. The maximum atomic E-state index is 12.7. The predicted octanol–water partition coefficient (Wildman–Crippen LogP) is 3.45. The quantitative estimate of drug-likeness (QED) is 0.896. The van der Waals surface area contributed by atoms with Crippen LogP contribution in [0, 0.1) is 13.8 Å². The Labute approximate surface area is 156 Å². The minimum atomic E-state index is -0.117. The van der Waals surface area contributed by atoms with Crippen LogP contribution in [0.15, 0.2) is 48.5 Å². The molecule has 138 valence electrons. The number of aryl methyl sites for hydroxylation is 2. The number of nitrogens with one attached hydrogen (secondary N) is 1. The maximum Gasteiger partial charge on any atom is 0.241 e. The normalized spacial score (nSPS) is 17.0. The second-order valence-electron chi connectivity index (χ2n) is 7.28. The van der Waals surface area contributed by atoms with Gasteiger partial charge in [-0.2, -0.15) is 0 Å². The van der Waals surface area contributed by atoms with Crippen LogP contribution in [0.1, 0.15) is 23.6 Å². The summed E-state index contributed by atoms with van der Waals surface area (Å²) < 4.78 is 0. The molecule has 1 amide bonds. The Morgan fingerprint density at radius 2 is 1.73 bits per heavy atom. The van der Waals surface area contributed by atoms with Crippen molar-refractivity contribution in [1.29, 1.82) is 0 Å². The molecule has 0 saturated carbocycles. The molecule has 1 aliphatic rings. The first-order valence-corrected chi connectivity index (χ1v) is 9.41. The Kier molecular flexibility index (Phi) is 6.07. The summed E-state index contributed by atoms with van der Waals surface area (Å²) in [4.78, 5) is 17.4. The molecule has 26 heavy (non-hydrogen) atoms. The SMILES string of the molecule is Cc1ccc(C)c(NC(=O)[C@@H](C)N2CCN(Cc3ccccc3)CC2)c1. The van der Waals surface area contributed by atoms with Gasteiger partial charge in [-0.25, -0.2) is 0 Å². The lowest BCUT2D eigenvalue weighted by Crippen LogP contribution is -2.52. The van der Waals surface area contributed by atoms with Crippen LogP contribution in [0.2, 0.25) is 0 Å². The minimum Gasteiger partial charge on any atom is -0.324 e. The highest BCUT2D eigenvalue weighted by atomic mass is 16.2. The molecule has 0 radical (unpaired) electrons. The van der Waals surface area contributed by atoms with Gasteiger partial charge < -0.3 is 5.32 Å². The molecule has 1 heterocycles. The lowest BCUT2D eigenvalue weighted by Gasteiger charge is -2.37. The Hall–Kier alpha value is -2.17. The average molecular weight is 351 g/mol. The van der Waals surface area contributed by atoms with E-state index in [4.69, 9.17) is 0 Å². The number of hydrogen-bond acceptors (Lipinski definition) is 3. The number of rotatable bonds is 5. The summed E-state index contributed by atoms with van der Waals surface area (Å²) >= 11 is 0. The zero-order valence-electron chi connectivity index (χ0n) is 16.0. The van der Waals surface area contributed by atoms with Crippen molar-refractivity contribution >= 4 is 11.6 Å². The van der Waals surface area contributed by atoms with Gasteiger partial charge in [-0.3, -0.25) is 14.6 Å². The number of amides is 1. The van der Waals surface area contributed by atoms with Crippen molar-refractivity contribution in [3.8, 4) is 0 Å². The van der Waals surface area contributed by atoms with Crippen molar-refractivity contribution in [3.63, 3.8) is 0 Å². The van der Waals surface area contributed by atoms with E-state index in [0.717, 1.165) is 49.5 Å². The summed E-state index contributed by atoms with van der Waals surface area (Å²) in [6.45, 7) is 10.9. The maximum absolute atomic E-state index is 12.7. The minimum absolute atomic E-state index is 0.0789. The van der Waals surface area contributed by atoms with Crippen molar-refractivity contribution in [1.82, 2.24) is 9.80 Å². The van der Waals surface area contributed by atoms with Gasteiger partial charge in [0.15, 0.2) is 0 Å². The van der Waals surface area contributed by atoms with Gasteiger partial charge in [0, 0.05) is 38.4 Å². The van der Waals surface area contributed by atoms with E-state index in [1.807, 2.05) is 26.8 Å². The van der Waals surface area contributed by atoms with E-state index in [0.29, 0.717) is 0 Å². The number of anilines is 1. The zero-order valence-corrected chi connectivity index (χ0v) is 16.0. The summed E-state index contributed by atoms with van der Waals surface area (Å²) in [5.74, 6) is 0.0789. The Bertz CT molecular complexity index is 736. The first-order valence-electron chi connectivity index (χ1n) is 9.41. The molecule has 1 atom stereocenters. The lowest BCUT2D eigenvalue weighted by atomic mass is 10.1. The van der Waals surface area contributed by atoms with Crippen LogP contribution in [-0.2, 0) is 11.3 Å². The number of piperazine rings is 1. The molecule has 2 aromatic rings. The van der Waals surface area contributed by atoms with Crippen molar-refractivity contribution in [2.24, 2.45) is 0 Å². The largest absolute Gasteiger partial charge is 0.324 e. The summed E-state index contributed by atoms with van der Waals surface area (Å²) in [5.41, 5.74) is 4.53. The molecular weight excluding hydrogens is 322 g/mol. The van der Waals surface area contributed by atoms with Crippen molar-refractivity contribution in [2.45, 2.75) is 33.4 Å². The Morgan fingerprint density at radius 1 is 1.04 bits per heavy atom. The van der Waals surface area contributed by atoms with E-state index in [1.54, 1.807) is 0 Å². The van der Waals surface area contributed by atoms with Crippen LogP contribution in [-0.4, -0.2) is 47.9 Å². The van der Waals surface area contributed by atoms with Crippen LogP contribution >= 0.6 is 0 Å². The van der Waals surface area contributed by atoms with E-state index in [1.165, 1.54) is 5.56 Å². The predicted molar refractivity (Wildman–Crippen MR) is 107 cm³/mol. The lowest BCUT2D eigenvalue weighted by molar-refractivity contribution is -0.121. The van der Waals surface area contributed by atoms with Crippen LogP contribution in [0.4, 0.5) is 5.69 Å². The van der Waals surface area contributed by atoms with Crippen molar-refractivity contribution in [3.05, 3.63) is 65.2 Å². The van der Waals surface area contributed by atoms with Crippen LogP contribution in [0.25, 0.3) is 0 Å². The summed E-state index contributed by atoms with van der Waals surface area (Å²) in [7, 11) is 0. The molecule has 4 nitrogen and oxygen atoms in total. The van der Waals surface area contributed by atoms with E-state index in [9.17, 15) is 4.79 Å². The van der Waals surface area contributed by atoms with Crippen LogP contribution in [0.5, 0.6) is 0 Å². The summed E-state index contributed by atoms with van der Waals surface area (Å²) in [6, 6.07) is 16.6. The van der Waals surface area contributed by atoms with Gasteiger partial charge in [0.05, 0.1) is 6.04 Å². The molecule has 0 aliphatic carbocycles. The third kappa shape index (κ3) is 4.71. The average Bonchev–Trinajstić information content (AvgIpc) is 2.65. The van der Waals surface area contributed by atoms with Gasteiger partial charge >= 0.3 is 0 Å². The number of carbonyl (C=O) groups is 1. The monoisotopic (exact) mass is 351 g/mol. The first-order chi connectivity index (χ1) is 12.5. The second kappa shape index (κ2) is 8.47. The third-order valence-corrected chi connectivity index (χ3v) is 5.23. The van der Waals surface area contributed by atoms with Crippen molar-refractivity contribution in [2.75, 3.05) is 31.5 Å². The molecule has 0 spiro atoms. The van der Waals surface area contributed by atoms with E-state index >= 15 is 0 Å². The van der Waals surface area contributed by atoms with Gasteiger partial charge in [0.2, 0.25) is 5.91 Å². The molecule has 2 aromatic carbocycles. The topological polar surface area (TPSA) is 35.6 Å². The third-order valence-electron chi connectivity index (χ3n) is 5.23. The molecule has 4 heteroatoms. The zero-order chi connectivity index (χ0) is 18.5. The standard InChI is InChI=1S/C22H29N3O/c1-17-9-10-18(2)21(15-17)23-22(26)19(3)25-13-11-24(12-14-25)16-20-7-5-4-6-8-20/h4-10,15,19H,11-14,16H2,1-3H3,(H,23,26)/t19-/m1/s1. The van der Waals surface area contributed by atoms with E-state index in [2.05, 4.69) is 57.6 Å². The fourth-order valence-corrected chi connectivity index (χ4v) is 3.42. The smallest absolute Gasteiger partial charge is 0.241 e. The van der Waals surface area contributed by atoms with E-state index in [-0.39, 0.29) is 11.9 Å². The fraction of sp³-hybridized carbons (Fsp3) is 0.409. The van der Waals surface area contributed by atoms with Crippen LogP contribution < -0.4 is 5.32 Å². The van der Waals surface area contributed by atoms with Crippen molar-refractivity contribution < 1.29 is 4.79 Å². The first kappa shape index (κ1) is 18.6. The highest BCUT2D eigenvalue weighted by Crippen LogP contribution is 2.18. The molecule has 1 N–H and O–H groups in total. The fourth-order valence-electron chi connectivity index (χ4n) is 3.42. The summed E-state index contributed by atoms with van der Waals surface area (Å²) in [5, 5.41) is 3.10. The molecule has 1 fully saturated rings. The molecule has 1 aliphatic heterocycles. The second-order valence-corrected chi connectivity index (χ2v) is 7.28. The molecule has 0 bridgehead atoms. The van der Waals surface area contributed by atoms with Gasteiger partial charge in [-0.15, -0.1) is 0 Å². The molecular formula is C22H29N3O. The van der Waals surface area contributed by atoms with Crippen LogP contribution in [0.3, 0.4) is 0 Å². The molecule has 1 saturated heterocycles. The van der Waals surface area contributed by atoms with Gasteiger partial charge in [0.25, 0.3) is 0 Å². The highest BCUT2D eigenvalue weighted by molar-refractivity contribution is 5.95. The molecule has 3 rings (SSSR count). The number of carbonyl (C=O) groups excluding carboxylic acids is 1. The van der Waals surface area contributed by atoms with Gasteiger partial charge in [-0.1, -0.05) is 42.5 Å². The number of benzene rings is 2. The summed E-state index contributed by atoms with van der Waals surface area (Å²) in [6.07, 6.45) is 0. The van der Waals surface area contributed by atoms with E-state index < -0.39 is 0 Å². The molecule has 0 unspecified atom stereocenters. The highest BCUT2D eigenvalue weighted by Gasteiger charge is 2.25. The molecule has 0 aromatic heterocycles. The Morgan fingerprint density at radius 3 is 2.42 bits per heavy atom. The van der Waals surface area contributed by atoms with Gasteiger partial charge in [-0.05, 0) is 43.5 Å².